The second-order valence-electron chi connectivity index (χ2n) is 5.05. The van der Waals surface area contributed by atoms with E-state index in [4.69, 9.17) is 5.73 Å². The van der Waals surface area contributed by atoms with E-state index < -0.39 is 0 Å². The summed E-state index contributed by atoms with van der Waals surface area (Å²) in [5.74, 6) is 0.417. The van der Waals surface area contributed by atoms with Crippen LogP contribution in [0.5, 0.6) is 0 Å². The monoisotopic (exact) mass is 411 g/mol. The quantitative estimate of drug-likeness (QED) is 0.344. The molecular weight excluding hydrogens is 389 g/mol. The predicted octanol–water partition coefficient (Wildman–Crippen LogP) is 2.69. The van der Waals surface area contributed by atoms with Crippen LogP contribution >= 0.6 is 24.0 Å². The number of rotatable bonds is 5. The fourth-order valence-corrected chi connectivity index (χ4v) is 1.96. The molecule has 3 N–H and O–H groups in total. The number of hydrogen-bond donors (Lipinski definition) is 2. The van der Waals surface area contributed by atoms with E-state index in [1.807, 2.05) is 50.5 Å². The molecule has 0 aliphatic heterocycles. The number of nitrogens with one attached hydrogen (secondary N) is 1. The van der Waals surface area contributed by atoms with Crippen LogP contribution in [-0.4, -0.2) is 22.3 Å². The first-order valence-corrected chi connectivity index (χ1v) is 6.82. The highest BCUT2D eigenvalue weighted by Gasteiger charge is 2.09. The summed E-state index contributed by atoms with van der Waals surface area (Å²) in [6.45, 7) is 6.88. The Morgan fingerprint density at radius 3 is 2.68 bits per heavy atom. The average molecular weight is 411 g/mol. The van der Waals surface area contributed by atoms with Gasteiger partial charge < -0.3 is 11.1 Å². The van der Waals surface area contributed by atoms with Gasteiger partial charge in [0.15, 0.2) is 5.96 Å². The number of nitrogens with zero attached hydrogens (tertiary/aromatic N) is 3. The van der Waals surface area contributed by atoms with Gasteiger partial charge in [0, 0.05) is 30.9 Å². The molecule has 2 rings (SSSR count). The summed E-state index contributed by atoms with van der Waals surface area (Å²) in [4.78, 5) is 4.35. The van der Waals surface area contributed by atoms with Crippen LogP contribution in [0.4, 0.5) is 0 Å². The van der Waals surface area contributed by atoms with E-state index in [-0.39, 0.29) is 24.0 Å². The second kappa shape index (κ2) is 8.57. The van der Waals surface area contributed by atoms with Gasteiger partial charge in [0.1, 0.15) is 0 Å². The van der Waals surface area contributed by atoms with Crippen LogP contribution in [-0.2, 0) is 13.6 Å². The van der Waals surface area contributed by atoms with Gasteiger partial charge in [-0.25, -0.2) is 4.99 Å². The SMILES string of the molecule is C=C(C)CNC(N)=NCc1cn(C)nc1-c1ccccc1.I. The lowest BCUT2D eigenvalue weighted by Crippen LogP contribution is -2.32. The van der Waals surface area contributed by atoms with Gasteiger partial charge in [0.25, 0.3) is 0 Å². The molecule has 0 bridgehead atoms. The van der Waals surface area contributed by atoms with Gasteiger partial charge in [-0.1, -0.05) is 42.5 Å². The summed E-state index contributed by atoms with van der Waals surface area (Å²) in [7, 11) is 1.91. The molecular formula is C16H22IN5. The number of aryl methyl sites for hydroxylation is 1. The van der Waals surface area contributed by atoms with Crippen molar-refractivity contribution in [3.63, 3.8) is 0 Å². The van der Waals surface area contributed by atoms with Crippen molar-refractivity contribution < 1.29 is 0 Å². The number of halogens is 1. The summed E-state index contributed by atoms with van der Waals surface area (Å²) >= 11 is 0. The van der Waals surface area contributed by atoms with Gasteiger partial charge in [0.05, 0.1) is 12.2 Å². The normalized spacial score (nSPS) is 10.9. The third kappa shape index (κ3) is 5.18. The highest BCUT2D eigenvalue weighted by atomic mass is 127. The fraction of sp³-hybridized carbons (Fsp3) is 0.250. The van der Waals surface area contributed by atoms with Gasteiger partial charge in [0.2, 0.25) is 0 Å². The molecule has 0 amide bonds. The lowest BCUT2D eigenvalue weighted by atomic mass is 10.1. The Kier molecular flexibility index (Phi) is 7.10. The minimum atomic E-state index is 0. The zero-order chi connectivity index (χ0) is 15.2. The molecule has 0 radical (unpaired) electrons. The third-order valence-corrected chi connectivity index (χ3v) is 2.94. The van der Waals surface area contributed by atoms with Crippen LogP contribution in [0.2, 0.25) is 0 Å². The fourth-order valence-electron chi connectivity index (χ4n) is 1.96. The van der Waals surface area contributed by atoms with E-state index in [1.54, 1.807) is 4.68 Å². The van der Waals surface area contributed by atoms with Crippen LogP contribution in [0, 0.1) is 0 Å². The van der Waals surface area contributed by atoms with Gasteiger partial charge in [-0.15, -0.1) is 24.0 Å². The lowest BCUT2D eigenvalue weighted by molar-refractivity contribution is 0.769. The summed E-state index contributed by atoms with van der Waals surface area (Å²) in [5.41, 5.74) is 9.91. The average Bonchev–Trinajstić information content (AvgIpc) is 2.85. The van der Waals surface area contributed by atoms with E-state index in [1.165, 1.54) is 0 Å². The largest absolute Gasteiger partial charge is 0.370 e. The first-order chi connectivity index (χ1) is 10.1. The van der Waals surface area contributed by atoms with Crippen molar-refractivity contribution in [2.45, 2.75) is 13.5 Å². The Labute approximate surface area is 148 Å². The number of benzene rings is 1. The summed E-state index contributed by atoms with van der Waals surface area (Å²) in [6, 6.07) is 10.1. The Morgan fingerprint density at radius 1 is 1.36 bits per heavy atom. The zero-order valence-electron chi connectivity index (χ0n) is 12.9. The number of aliphatic imine (C=N–C) groups is 1. The van der Waals surface area contributed by atoms with Gasteiger partial charge in [-0.3, -0.25) is 4.68 Å². The number of hydrogen-bond acceptors (Lipinski definition) is 2. The van der Waals surface area contributed by atoms with E-state index in [2.05, 4.69) is 22.0 Å². The first kappa shape index (κ1) is 18.2. The molecule has 1 aromatic carbocycles. The molecule has 2 aromatic rings. The van der Waals surface area contributed by atoms with Crippen molar-refractivity contribution in [3.05, 3.63) is 54.2 Å². The second-order valence-corrected chi connectivity index (χ2v) is 5.05. The van der Waals surface area contributed by atoms with Crippen LogP contribution in [0.25, 0.3) is 11.3 Å². The molecule has 0 fully saturated rings. The minimum Gasteiger partial charge on any atom is -0.370 e. The molecule has 0 saturated heterocycles. The van der Waals surface area contributed by atoms with Crippen LogP contribution in [0.3, 0.4) is 0 Å². The highest BCUT2D eigenvalue weighted by molar-refractivity contribution is 14.0. The Morgan fingerprint density at radius 2 is 2.05 bits per heavy atom. The number of nitrogens with two attached hydrogens (primary N) is 1. The van der Waals surface area contributed by atoms with Crippen molar-refractivity contribution >= 4 is 29.9 Å². The van der Waals surface area contributed by atoms with E-state index in [9.17, 15) is 0 Å². The molecule has 0 spiro atoms. The molecule has 0 atom stereocenters. The molecule has 1 aromatic heterocycles. The Hall–Kier alpha value is -1.83. The van der Waals surface area contributed by atoms with E-state index >= 15 is 0 Å². The molecule has 0 unspecified atom stereocenters. The molecule has 118 valence electrons. The highest BCUT2D eigenvalue weighted by Crippen LogP contribution is 2.21. The summed E-state index contributed by atoms with van der Waals surface area (Å²) in [6.07, 6.45) is 1.97. The molecule has 22 heavy (non-hydrogen) atoms. The smallest absolute Gasteiger partial charge is 0.189 e. The topological polar surface area (TPSA) is 68.2 Å². The van der Waals surface area contributed by atoms with Crippen LogP contribution < -0.4 is 11.1 Å². The molecule has 0 aliphatic rings. The molecule has 0 aliphatic carbocycles. The van der Waals surface area contributed by atoms with Crippen molar-refractivity contribution in [1.82, 2.24) is 15.1 Å². The summed E-state index contributed by atoms with van der Waals surface area (Å²) < 4.78 is 1.80. The Balaban J connectivity index is 0.00000242. The maximum atomic E-state index is 5.84. The zero-order valence-corrected chi connectivity index (χ0v) is 15.2. The van der Waals surface area contributed by atoms with Gasteiger partial charge >= 0.3 is 0 Å². The third-order valence-electron chi connectivity index (χ3n) is 2.94. The maximum Gasteiger partial charge on any atom is 0.189 e. The minimum absolute atomic E-state index is 0. The van der Waals surface area contributed by atoms with Crippen LogP contribution in [0.15, 0.2) is 53.7 Å². The van der Waals surface area contributed by atoms with Crippen LogP contribution in [0.1, 0.15) is 12.5 Å². The van der Waals surface area contributed by atoms with Gasteiger partial charge in [-0.2, -0.15) is 5.10 Å². The maximum absolute atomic E-state index is 5.84. The lowest BCUT2D eigenvalue weighted by Gasteiger charge is -2.05. The summed E-state index contributed by atoms with van der Waals surface area (Å²) in [5, 5.41) is 7.52. The first-order valence-electron chi connectivity index (χ1n) is 6.82. The number of guanidine groups is 1. The van der Waals surface area contributed by atoms with Crippen molar-refractivity contribution in [2.24, 2.45) is 17.8 Å². The van der Waals surface area contributed by atoms with E-state index in [0.29, 0.717) is 19.0 Å². The molecule has 0 saturated carbocycles. The van der Waals surface area contributed by atoms with Crippen molar-refractivity contribution in [2.75, 3.05) is 6.54 Å². The number of aromatic nitrogens is 2. The Bertz CT molecular complexity index is 646. The standard InChI is InChI=1S/C16H21N5.HI/c1-12(2)9-18-16(17)19-10-14-11-21(3)20-15(14)13-7-5-4-6-8-13;/h4-8,11H,1,9-10H2,2-3H3,(H3,17,18,19);1H. The predicted molar refractivity (Wildman–Crippen MR) is 102 cm³/mol. The van der Waals surface area contributed by atoms with Gasteiger partial charge in [-0.05, 0) is 6.92 Å². The van der Waals surface area contributed by atoms with E-state index in [0.717, 1.165) is 22.4 Å². The molecule has 6 heteroatoms. The van der Waals surface area contributed by atoms with Crippen molar-refractivity contribution in [3.8, 4) is 11.3 Å². The molecule has 5 nitrogen and oxygen atoms in total. The molecule has 1 heterocycles. The van der Waals surface area contributed by atoms with Crippen molar-refractivity contribution in [1.29, 1.82) is 0 Å².